The molecule has 1 aromatic rings. The summed E-state index contributed by atoms with van der Waals surface area (Å²) in [6.07, 6.45) is 7.19. The van der Waals surface area contributed by atoms with Crippen LogP contribution in [-0.2, 0) is 9.59 Å². The molecule has 2 bridgehead atoms. The van der Waals surface area contributed by atoms with E-state index in [2.05, 4.69) is 21.0 Å². The topological polar surface area (TPSA) is 71.1 Å². The van der Waals surface area contributed by atoms with E-state index in [1.165, 1.54) is 31.4 Å². The van der Waals surface area contributed by atoms with E-state index < -0.39 is 0 Å². The first-order valence-corrected chi connectivity index (χ1v) is 9.57. The van der Waals surface area contributed by atoms with Crippen molar-refractivity contribution in [1.82, 2.24) is 10.3 Å². The van der Waals surface area contributed by atoms with Gasteiger partial charge < -0.3 is 10.6 Å². The quantitative estimate of drug-likeness (QED) is 0.890. The van der Waals surface area contributed by atoms with E-state index in [-0.39, 0.29) is 17.7 Å². The lowest BCUT2D eigenvalue weighted by molar-refractivity contribution is -0.124. The van der Waals surface area contributed by atoms with Gasteiger partial charge in [-0.05, 0) is 43.4 Å². The molecule has 2 aliphatic carbocycles. The zero-order valence-electron chi connectivity index (χ0n) is 13.2. The van der Waals surface area contributed by atoms with Gasteiger partial charge in [-0.25, -0.2) is 4.98 Å². The Morgan fingerprint density at radius 1 is 1.35 bits per heavy atom. The van der Waals surface area contributed by atoms with Crippen LogP contribution in [0.1, 0.15) is 56.6 Å². The van der Waals surface area contributed by atoms with E-state index in [4.69, 9.17) is 0 Å². The lowest BCUT2D eigenvalue weighted by Crippen LogP contribution is -2.36. The van der Waals surface area contributed by atoms with E-state index in [0.29, 0.717) is 25.3 Å². The van der Waals surface area contributed by atoms with Gasteiger partial charge in [0, 0.05) is 30.7 Å². The normalized spacial score (nSPS) is 32.8. The van der Waals surface area contributed by atoms with Crippen LogP contribution in [0, 0.1) is 17.8 Å². The Labute approximate surface area is 140 Å². The van der Waals surface area contributed by atoms with Crippen LogP contribution in [0.25, 0.3) is 0 Å². The Hall–Kier alpha value is -1.43. The predicted octanol–water partition coefficient (Wildman–Crippen LogP) is 2.90. The maximum absolute atomic E-state index is 12.2. The Morgan fingerprint density at radius 2 is 2.26 bits per heavy atom. The third-order valence-electron chi connectivity index (χ3n) is 5.73. The molecular weight excluding hydrogens is 310 g/mol. The van der Waals surface area contributed by atoms with E-state index in [9.17, 15) is 9.59 Å². The summed E-state index contributed by atoms with van der Waals surface area (Å²) in [5, 5.41) is 8.63. The summed E-state index contributed by atoms with van der Waals surface area (Å²) in [6.45, 7) is 0.612. The molecule has 124 valence electrons. The summed E-state index contributed by atoms with van der Waals surface area (Å²) in [7, 11) is 0. The second-order valence-corrected chi connectivity index (χ2v) is 8.18. The van der Waals surface area contributed by atoms with Gasteiger partial charge in [0.1, 0.15) is 0 Å². The number of anilines is 1. The van der Waals surface area contributed by atoms with Crippen LogP contribution in [0.5, 0.6) is 0 Å². The van der Waals surface area contributed by atoms with Gasteiger partial charge in [-0.1, -0.05) is 6.42 Å². The van der Waals surface area contributed by atoms with Gasteiger partial charge in [-0.15, -0.1) is 11.3 Å². The number of amides is 2. The van der Waals surface area contributed by atoms with Crippen LogP contribution in [-0.4, -0.2) is 23.3 Å². The number of nitrogens with zero attached hydrogens (tertiary/aromatic N) is 1. The van der Waals surface area contributed by atoms with Crippen molar-refractivity contribution in [2.24, 2.45) is 17.8 Å². The zero-order chi connectivity index (χ0) is 15.8. The number of hydrogen-bond acceptors (Lipinski definition) is 4. The molecule has 1 saturated heterocycles. The van der Waals surface area contributed by atoms with E-state index in [1.54, 1.807) is 11.3 Å². The molecule has 2 N–H and O–H groups in total. The maximum atomic E-state index is 12.2. The maximum Gasteiger partial charge on any atom is 0.226 e. The fourth-order valence-electron chi connectivity index (χ4n) is 4.51. The molecule has 23 heavy (non-hydrogen) atoms. The molecule has 3 fully saturated rings. The smallest absolute Gasteiger partial charge is 0.226 e. The minimum atomic E-state index is 0.0139. The van der Waals surface area contributed by atoms with Crippen molar-refractivity contribution in [3.63, 3.8) is 0 Å². The lowest BCUT2D eigenvalue weighted by atomic mass is 9.87. The van der Waals surface area contributed by atoms with Gasteiger partial charge in [0.15, 0.2) is 5.13 Å². The van der Waals surface area contributed by atoms with Gasteiger partial charge in [0.25, 0.3) is 0 Å². The molecule has 2 saturated carbocycles. The third kappa shape index (κ3) is 3.27. The van der Waals surface area contributed by atoms with E-state index in [0.717, 1.165) is 23.4 Å². The second kappa shape index (κ2) is 6.23. The Kier molecular flexibility index (Phi) is 4.09. The summed E-state index contributed by atoms with van der Waals surface area (Å²) in [5.41, 5.74) is 1.18. The summed E-state index contributed by atoms with van der Waals surface area (Å²) in [5.74, 6) is 2.70. The number of carbonyl (C=O) groups is 2. The fraction of sp³-hybridized carbons (Fsp3) is 0.706. The van der Waals surface area contributed by atoms with Crippen molar-refractivity contribution in [3.8, 4) is 0 Å². The monoisotopic (exact) mass is 333 g/mol. The first kappa shape index (κ1) is 15.1. The Balaban J connectivity index is 1.31. The third-order valence-corrected chi connectivity index (χ3v) is 6.50. The Bertz CT molecular complexity index is 605. The van der Waals surface area contributed by atoms with Gasteiger partial charge in [0.05, 0.1) is 5.69 Å². The molecule has 4 rings (SSSR count). The average Bonchev–Trinajstić information content (AvgIpc) is 3.25. The number of carbonyl (C=O) groups excluding carboxylic acids is 2. The van der Waals surface area contributed by atoms with Crippen LogP contribution < -0.4 is 10.6 Å². The van der Waals surface area contributed by atoms with Crippen molar-refractivity contribution in [1.29, 1.82) is 0 Å². The van der Waals surface area contributed by atoms with E-state index >= 15 is 0 Å². The molecule has 5 nitrogen and oxygen atoms in total. The number of rotatable bonds is 4. The minimum Gasteiger partial charge on any atom is -0.356 e. The van der Waals surface area contributed by atoms with Crippen LogP contribution in [0.3, 0.4) is 0 Å². The molecule has 0 spiro atoms. The molecule has 1 aliphatic heterocycles. The van der Waals surface area contributed by atoms with Gasteiger partial charge in [-0.2, -0.15) is 0 Å². The van der Waals surface area contributed by atoms with Crippen LogP contribution >= 0.6 is 11.3 Å². The number of fused-ring (bicyclic) bond motifs is 2. The number of nitrogens with one attached hydrogen (secondary N) is 2. The first-order valence-electron chi connectivity index (χ1n) is 8.69. The van der Waals surface area contributed by atoms with Crippen molar-refractivity contribution in [2.45, 2.75) is 50.9 Å². The molecule has 4 atom stereocenters. The highest BCUT2D eigenvalue weighted by Crippen LogP contribution is 2.52. The molecule has 0 radical (unpaired) electrons. The fourth-order valence-corrected chi connectivity index (χ4v) is 5.30. The summed E-state index contributed by atoms with van der Waals surface area (Å²) < 4.78 is 0. The van der Waals surface area contributed by atoms with Crippen molar-refractivity contribution >= 4 is 28.3 Å². The number of piperidine rings is 1. The molecular formula is C17H23N3O2S. The molecule has 2 amide bonds. The minimum absolute atomic E-state index is 0.0139. The molecule has 2 heterocycles. The summed E-state index contributed by atoms with van der Waals surface area (Å²) in [6, 6.07) is 0. The van der Waals surface area contributed by atoms with Crippen LogP contribution in [0.4, 0.5) is 5.13 Å². The highest BCUT2D eigenvalue weighted by atomic mass is 32.1. The van der Waals surface area contributed by atoms with Gasteiger partial charge in [-0.3, -0.25) is 9.59 Å². The van der Waals surface area contributed by atoms with Crippen LogP contribution in [0.15, 0.2) is 5.38 Å². The number of hydrogen-bond donors (Lipinski definition) is 2. The molecule has 6 heteroatoms. The molecule has 3 aliphatic rings. The van der Waals surface area contributed by atoms with Gasteiger partial charge >= 0.3 is 0 Å². The first-order chi connectivity index (χ1) is 11.2. The summed E-state index contributed by atoms with van der Waals surface area (Å²) in [4.78, 5) is 28.0. The zero-order valence-corrected chi connectivity index (χ0v) is 14.0. The predicted molar refractivity (Wildman–Crippen MR) is 89.3 cm³/mol. The summed E-state index contributed by atoms with van der Waals surface area (Å²) >= 11 is 1.54. The Morgan fingerprint density at radius 3 is 2.96 bits per heavy atom. The molecule has 0 unspecified atom stereocenters. The number of aromatic nitrogens is 1. The standard InChI is InChI=1S/C17H23N3O2S/c21-15-4-2-11(8-18-15)7-16(22)20-17-19-14(9-23-17)13-6-10-1-3-12(13)5-10/h9-13H,1-8H2,(H,18,21)(H,19,20,22)/t10-,11-,12-,13+/m0/s1. The largest absolute Gasteiger partial charge is 0.356 e. The van der Waals surface area contributed by atoms with Crippen molar-refractivity contribution in [3.05, 3.63) is 11.1 Å². The highest BCUT2D eigenvalue weighted by molar-refractivity contribution is 7.13. The second-order valence-electron chi connectivity index (χ2n) is 7.32. The highest BCUT2D eigenvalue weighted by Gasteiger charge is 2.41. The SMILES string of the molecule is O=C1CC[C@@H](CC(=O)Nc2nc([C@@H]3C[C@H]4CC[C@H]3C4)cs2)CN1. The number of thiazole rings is 1. The van der Waals surface area contributed by atoms with Crippen LogP contribution in [0.2, 0.25) is 0 Å². The van der Waals surface area contributed by atoms with Gasteiger partial charge in [0.2, 0.25) is 11.8 Å². The van der Waals surface area contributed by atoms with Crippen molar-refractivity contribution < 1.29 is 9.59 Å². The van der Waals surface area contributed by atoms with E-state index in [1.807, 2.05) is 0 Å². The molecule has 0 aromatic carbocycles. The average molecular weight is 333 g/mol. The van der Waals surface area contributed by atoms with Crippen molar-refractivity contribution in [2.75, 3.05) is 11.9 Å². The lowest BCUT2D eigenvalue weighted by Gasteiger charge is -2.21. The molecule has 1 aromatic heterocycles.